The topological polar surface area (TPSA) is 107 Å². The number of carboxylic acid groups (broad SMARTS) is 1. The number of benzene rings is 1. The van der Waals surface area contributed by atoms with Crippen LogP contribution in [-0.2, 0) is 14.8 Å². The van der Waals surface area contributed by atoms with Gasteiger partial charge >= 0.3 is 12.0 Å². The zero-order chi connectivity index (χ0) is 19.4. The van der Waals surface area contributed by atoms with E-state index >= 15 is 0 Å². The number of carboxylic acids is 1. The third-order valence-electron chi connectivity index (χ3n) is 5.32. The zero-order valence-corrected chi connectivity index (χ0v) is 15.9. The lowest BCUT2D eigenvalue weighted by molar-refractivity contribution is -0.141. The average Bonchev–Trinajstić information content (AvgIpc) is 3.18. The Labute approximate surface area is 159 Å². The summed E-state index contributed by atoms with van der Waals surface area (Å²) in [7, 11) is -3.46. The Morgan fingerprint density at radius 3 is 2.33 bits per heavy atom. The Bertz CT molecular complexity index is 775. The summed E-state index contributed by atoms with van der Waals surface area (Å²) in [5.41, 5.74) is 0. The van der Waals surface area contributed by atoms with Crippen molar-refractivity contribution in [1.82, 2.24) is 14.5 Å². The van der Waals surface area contributed by atoms with Gasteiger partial charge in [-0.2, -0.15) is 4.31 Å². The van der Waals surface area contributed by atoms with Crippen LogP contribution < -0.4 is 5.32 Å². The number of urea groups is 1. The number of hydrogen-bond acceptors (Lipinski definition) is 4. The second kappa shape index (κ2) is 8.26. The molecular weight excluding hydrogens is 370 g/mol. The Morgan fingerprint density at radius 1 is 1.07 bits per heavy atom. The highest BCUT2D eigenvalue weighted by Gasteiger charge is 2.32. The van der Waals surface area contributed by atoms with Crippen LogP contribution in [0.2, 0.25) is 0 Å². The molecule has 0 bridgehead atoms. The first kappa shape index (κ1) is 19.6. The van der Waals surface area contributed by atoms with Crippen LogP contribution in [0.3, 0.4) is 0 Å². The van der Waals surface area contributed by atoms with Gasteiger partial charge in [-0.25, -0.2) is 13.2 Å². The van der Waals surface area contributed by atoms with Crippen molar-refractivity contribution in [3.05, 3.63) is 30.3 Å². The fourth-order valence-electron chi connectivity index (χ4n) is 3.59. The van der Waals surface area contributed by atoms with Crippen LogP contribution in [0.15, 0.2) is 35.2 Å². The van der Waals surface area contributed by atoms with E-state index in [0.29, 0.717) is 50.3 Å². The number of sulfonamides is 1. The van der Waals surface area contributed by atoms with Gasteiger partial charge in [0.15, 0.2) is 0 Å². The monoisotopic (exact) mass is 395 g/mol. The summed E-state index contributed by atoms with van der Waals surface area (Å²) in [6.07, 6.45) is 1.85. The maximum atomic E-state index is 12.6. The van der Waals surface area contributed by atoms with Crippen LogP contribution in [0.5, 0.6) is 0 Å². The lowest BCUT2D eigenvalue weighted by atomic mass is 9.98. The normalized spacial score (nSPS) is 21.9. The van der Waals surface area contributed by atoms with Gasteiger partial charge in [-0.05, 0) is 37.3 Å². The van der Waals surface area contributed by atoms with Crippen LogP contribution in [0, 0.1) is 11.8 Å². The van der Waals surface area contributed by atoms with Crippen LogP contribution in [0.25, 0.3) is 0 Å². The Kier molecular flexibility index (Phi) is 6.01. The van der Waals surface area contributed by atoms with Crippen LogP contribution in [0.4, 0.5) is 4.79 Å². The summed E-state index contributed by atoms with van der Waals surface area (Å²) in [5.74, 6) is -1.13. The van der Waals surface area contributed by atoms with E-state index in [2.05, 4.69) is 5.32 Å². The third-order valence-corrected chi connectivity index (χ3v) is 7.23. The van der Waals surface area contributed by atoms with Gasteiger partial charge in [-0.1, -0.05) is 18.2 Å². The van der Waals surface area contributed by atoms with Gasteiger partial charge in [0.1, 0.15) is 0 Å². The van der Waals surface area contributed by atoms with E-state index in [1.54, 1.807) is 30.3 Å². The molecule has 3 rings (SSSR count). The van der Waals surface area contributed by atoms with Crippen LogP contribution in [-0.4, -0.2) is 67.5 Å². The second-order valence-electron chi connectivity index (χ2n) is 7.12. The van der Waals surface area contributed by atoms with Crippen molar-refractivity contribution in [3.8, 4) is 0 Å². The van der Waals surface area contributed by atoms with Gasteiger partial charge in [0, 0.05) is 32.7 Å². The minimum absolute atomic E-state index is 0.217. The van der Waals surface area contributed by atoms with Gasteiger partial charge in [0.25, 0.3) is 0 Å². The average molecular weight is 395 g/mol. The molecule has 2 fully saturated rings. The standard InChI is InChI=1S/C18H25N3O5S/c22-17(23)15-8-9-20(13-15)18(24)19-12-14-6-10-21(11-7-14)27(25,26)16-4-2-1-3-5-16/h1-5,14-15H,6-13H2,(H,19,24)(H,22,23). The lowest BCUT2D eigenvalue weighted by Gasteiger charge is -2.31. The highest BCUT2D eigenvalue weighted by Crippen LogP contribution is 2.23. The molecule has 2 aliphatic heterocycles. The van der Waals surface area contributed by atoms with Gasteiger partial charge < -0.3 is 15.3 Å². The van der Waals surface area contributed by atoms with Crippen molar-refractivity contribution in [1.29, 1.82) is 0 Å². The summed E-state index contributed by atoms with van der Waals surface area (Å²) in [4.78, 5) is 25.0. The van der Waals surface area contributed by atoms with Gasteiger partial charge in [0.05, 0.1) is 10.8 Å². The van der Waals surface area contributed by atoms with Crippen LogP contribution >= 0.6 is 0 Å². The Morgan fingerprint density at radius 2 is 1.74 bits per heavy atom. The van der Waals surface area contributed by atoms with Crippen LogP contribution in [0.1, 0.15) is 19.3 Å². The predicted molar refractivity (Wildman–Crippen MR) is 98.6 cm³/mol. The van der Waals surface area contributed by atoms with E-state index in [0.717, 1.165) is 0 Å². The zero-order valence-electron chi connectivity index (χ0n) is 15.1. The molecule has 2 aliphatic rings. The molecule has 0 radical (unpaired) electrons. The number of nitrogens with zero attached hydrogens (tertiary/aromatic N) is 2. The minimum Gasteiger partial charge on any atom is -0.481 e. The molecule has 9 heteroatoms. The smallest absolute Gasteiger partial charge is 0.317 e. The fourth-order valence-corrected chi connectivity index (χ4v) is 5.08. The maximum Gasteiger partial charge on any atom is 0.317 e. The van der Waals surface area contributed by atoms with Crippen molar-refractivity contribution >= 4 is 22.0 Å². The number of rotatable bonds is 5. The summed E-state index contributed by atoms with van der Waals surface area (Å²) in [6, 6.07) is 8.17. The molecule has 2 heterocycles. The second-order valence-corrected chi connectivity index (χ2v) is 9.05. The molecule has 1 unspecified atom stereocenters. The number of nitrogens with one attached hydrogen (secondary N) is 1. The number of piperidine rings is 1. The number of hydrogen-bond donors (Lipinski definition) is 2. The summed E-state index contributed by atoms with van der Waals surface area (Å²) < 4.78 is 26.7. The summed E-state index contributed by atoms with van der Waals surface area (Å²) >= 11 is 0. The third kappa shape index (κ3) is 4.59. The summed E-state index contributed by atoms with van der Waals surface area (Å²) in [5, 5.41) is 11.9. The van der Waals surface area contributed by atoms with Gasteiger partial charge in [-0.3, -0.25) is 4.79 Å². The van der Waals surface area contributed by atoms with E-state index in [9.17, 15) is 18.0 Å². The Balaban J connectivity index is 1.45. The van der Waals surface area contributed by atoms with E-state index in [1.807, 2.05) is 0 Å². The number of likely N-dealkylation sites (tertiary alicyclic amines) is 1. The molecule has 0 saturated carbocycles. The van der Waals surface area contributed by atoms with E-state index < -0.39 is 21.9 Å². The van der Waals surface area contributed by atoms with Crippen molar-refractivity contribution in [2.24, 2.45) is 11.8 Å². The van der Waals surface area contributed by atoms with E-state index in [1.165, 1.54) is 9.21 Å². The molecule has 1 aromatic rings. The molecule has 2 amide bonds. The molecule has 1 atom stereocenters. The first-order chi connectivity index (χ1) is 12.9. The van der Waals surface area contributed by atoms with Gasteiger partial charge in [-0.15, -0.1) is 0 Å². The van der Waals surface area contributed by atoms with Crippen molar-refractivity contribution in [3.63, 3.8) is 0 Å². The predicted octanol–water partition coefficient (Wildman–Crippen LogP) is 1.20. The number of aliphatic carboxylic acids is 1. The van der Waals surface area contributed by atoms with Crippen molar-refractivity contribution < 1.29 is 23.1 Å². The largest absolute Gasteiger partial charge is 0.481 e. The molecule has 1 aromatic carbocycles. The summed E-state index contributed by atoms with van der Waals surface area (Å²) in [6.45, 7) is 2.04. The molecule has 8 nitrogen and oxygen atoms in total. The maximum absolute atomic E-state index is 12.6. The van der Waals surface area contributed by atoms with Crippen molar-refractivity contribution in [2.45, 2.75) is 24.2 Å². The molecule has 148 valence electrons. The highest BCUT2D eigenvalue weighted by atomic mass is 32.2. The van der Waals surface area contributed by atoms with Crippen molar-refractivity contribution in [2.75, 3.05) is 32.7 Å². The molecule has 2 saturated heterocycles. The molecule has 0 aliphatic carbocycles. The van der Waals surface area contributed by atoms with Gasteiger partial charge in [0.2, 0.25) is 10.0 Å². The first-order valence-electron chi connectivity index (χ1n) is 9.18. The minimum atomic E-state index is -3.46. The number of carbonyl (C=O) groups excluding carboxylic acids is 1. The Hall–Kier alpha value is -2.13. The molecule has 2 N–H and O–H groups in total. The fraction of sp³-hybridized carbons (Fsp3) is 0.556. The number of amides is 2. The quantitative estimate of drug-likeness (QED) is 0.779. The number of carbonyl (C=O) groups is 2. The first-order valence-corrected chi connectivity index (χ1v) is 10.6. The van der Waals surface area contributed by atoms with E-state index in [-0.39, 0.29) is 18.5 Å². The highest BCUT2D eigenvalue weighted by molar-refractivity contribution is 7.89. The molecular formula is C18H25N3O5S. The SMILES string of the molecule is O=C(O)C1CCN(C(=O)NCC2CCN(S(=O)(=O)c3ccccc3)CC2)C1. The lowest BCUT2D eigenvalue weighted by Crippen LogP contribution is -2.44. The molecule has 0 spiro atoms. The molecule has 0 aromatic heterocycles. The molecule has 27 heavy (non-hydrogen) atoms. The van der Waals surface area contributed by atoms with E-state index in [4.69, 9.17) is 5.11 Å².